The van der Waals surface area contributed by atoms with E-state index < -0.39 is 0 Å². The fourth-order valence-electron chi connectivity index (χ4n) is 3.87. The summed E-state index contributed by atoms with van der Waals surface area (Å²) in [5.74, 6) is -0.195. The Balaban J connectivity index is 1.56. The molecule has 0 radical (unpaired) electrons. The fourth-order valence-corrected chi connectivity index (χ4v) is 3.87. The number of rotatable bonds is 5. The van der Waals surface area contributed by atoms with Gasteiger partial charge in [-0.25, -0.2) is 0 Å². The molecule has 3 aromatic rings. The van der Waals surface area contributed by atoms with E-state index in [1.54, 1.807) is 0 Å². The smallest absolute Gasteiger partial charge is 0.279 e. The van der Waals surface area contributed by atoms with Crippen LogP contribution in [0.25, 0.3) is 5.65 Å². The first kappa shape index (κ1) is 18.4. The molecule has 0 spiro atoms. The van der Waals surface area contributed by atoms with Crippen molar-refractivity contribution in [3.63, 3.8) is 0 Å². The maximum atomic E-state index is 12.9. The van der Waals surface area contributed by atoms with Crippen LogP contribution in [0, 0.1) is 0 Å². The zero-order chi connectivity index (χ0) is 19.7. The molecule has 3 heterocycles. The number of carbonyl (C=O) groups is 1. The summed E-state index contributed by atoms with van der Waals surface area (Å²) in [5.41, 5.74) is 3.80. The Labute approximate surface area is 163 Å². The number of aromatic nitrogens is 3. The molecule has 0 saturated carbocycles. The second-order valence-corrected chi connectivity index (χ2v) is 7.41. The first-order valence-corrected chi connectivity index (χ1v) is 9.70. The molecule has 0 aliphatic carbocycles. The van der Waals surface area contributed by atoms with Crippen LogP contribution in [0.15, 0.2) is 41.3 Å². The van der Waals surface area contributed by atoms with Crippen molar-refractivity contribution in [2.75, 3.05) is 6.54 Å². The van der Waals surface area contributed by atoms with Crippen LogP contribution >= 0.6 is 0 Å². The van der Waals surface area contributed by atoms with Gasteiger partial charge in [0.15, 0.2) is 5.65 Å². The summed E-state index contributed by atoms with van der Waals surface area (Å²) in [7, 11) is 1.90. The Morgan fingerprint density at radius 1 is 1.32 bits per heavy atom. The van der Waals surface area contributed by atoms with Crippen LogP contribution in [0.5, 0.6) is 0 Å². The fraction of sp³-hybridized carbons (Fsp3) is 0.381. The standard InChI is InChI=1S/C21H25N5O2/c1-14(8-9-15-6-4-3-5-7-15)24-19(27)17-13-23-26-20(17)25(2)18-10-11-22-12-16(18)21(26)28/h3-7,13-14,22H,8-12H2,1-2H3,(H,24,27). The lowest BCUT2D eigenvalue weighted by Crippen LogP contribution is -2.36. The summed E-state index contributed by atoms with van der Waals surface area (Å²) in [6.45, 7) is 3.36. The zero-order valence-electron chi connectivity index (χ0n) is 16.2. The van der Waals surface area contributed by atoms with E-state index in [9.17, 15) is 9.59 Å². The van der Waals surface area contributed by atoms with Gasteiger partial charge in [0.25, 0.3) is 11.5 Å². The van der Waals surface area contributed by atoms with Crippen LogP contribution in [0.3, 0.4) is 0 Å². The van der Waals surface area contributed by atoms with Crippen molar-refractivity contribution in [1.82, 2.24) is 24.8 Å². The minimum Gasteiger partial charge on any atom is -0.349 e. The number of carbonyl (C=O) groups excluding carboxylic acids is 1. The summed E-state index contributed by atoms with van der Waals surface area (Å²) in [5, 5.41) is 10.5. The van der Waals surface area contributed by atoms with E-state index >= 15 is 0 Å². The number of benzene rings is 1. The van der Waals surface area contributed by atoms with Gasteiger partial charge < -0.3 is 15.2 Å². The molecule has 0 fully saturated rings. The Morgan fingerprint density at radius 2 is 2.11 bits per heavy atom. The quantitative estimate of drug-likeness (QED) is 0.703. The Morgan fingerprint density at radius 3 is 2.89 bits per heavy atom. The molecule has 1 aliphatic heterocycles. The summed E-state index contributed by atoms with van der Waals surface area (Å²) < 4.78 is 3.28. The van der Waals surface area contributed by atoms with Gasteiger partial charge in [0.2, 0.25) is 0 Å². The highest BCUT2D eigenvalue weighted by Crippen LogP contribution is 2.16. The van der Waals surface area contributed by atoms with Crippen LogP contribution in [-0.4, -0.2) is 32.7 Å². The van der Waals surface area contributed by atoms with Gasteiger partial charge >= 0.3 is 0 Å². The van der Waals surface area contributed by atoms with E-state index in [0.29, 0.717) is 17.8 Å². The third-order valence-corrected chi connectivity index (χ3v) is 5.44. The Bertz CT molecular complexity index is 1070. The lowest BCUT2D eigenvalue weighted by molar-refractivity contribution is 0.0939. The van der Waals surface area contributed by atoms with E-state index in [-0.39, 0.29) is 17.5 Å². The normalized spacial score (nSPS) is 14.6. The predicted molar refractivity (Wildman–Crippen MR) is 108 cm³/mol. The third-order valence-electron chi connectivity index (χ3n) is 5.44. The zero-order valence-corrected chi connectivity index (χ0v) is 16.2. The van der Waals surface area contributed by atoms with E-state index in [4.69, 9.17) is 0 Å². The number of fused-ring (bicyclic) bond motifs is 2. The molecule has 1 atom stereocenters. The van der Waals surface area contributed by atoms with E-state index in [0.717, 1.165) is 37.1 Å². The molecule has 0 saturated heterocycles. The van der Waals surface area contributed by atoms with Gasteiger partial charge in [0, 0.05) is 38.3 Å². The minimum absolute atomic E-state index is 0.0153. The lowest BCUT2D eigenvalue weighted by Gasteiger charge is -2.21. The monoisotopic (exact) mass is 379 g/mol. The van der Waals surface area contributed by atoms with Gasteiger partial charge in [-0.15, -0.1) is 0 Å². The van der Waals surface area contributed by atoms with Gasteiger partial charge in [-0.2, -0.15) is 9.61 Å². The maximum Gasteiger partial charge on any atom is 0.279 e. The molecule has 7 nitrogen and oxygen atoms in total. The molecule has 7 heteroatoms. The molecule has 1 aromatic carbocycles. The minimum atomic E-state index is -0.195. The first-order chi connectivity index (χ1) is 13.6. The summed E-state index contributed by atoms with van der Waals surface area (Å²) in [6.07, 6.45) is 4.00. The van der Waals surface area contributed by atoms with Crippen LogP contribution in [0.4, 0.5) is 0 Å². The number of aryl methyl sites for hydroxylation is 2. The SMILES string of the molecule is CC(CCc1ccccc1)NC(=O)c1cnn2c(=O)c3c(n(C)c12)CCNC3. The molecule has 2 N–H and O–H groups in total. The van der Waals surface area contributed by atoms with E-state index in [1.807, 2.05) is 36.7 Å². The molecule has 1 unspecified atom stereocenters. The van der Waals surface area contributed by atoms with Crippen LogP contribution in [0.2, 0.25) is 0 Å². The number of hydrogen-bond donors (Lipinski definition) is 2. The number of hydrogen-bond acceptors (Lipinski definition) is 4. The van der Waals surface area contributed by atoms with Crippen LogP contribution in [-0.2, 0) is 26.4 Å². The van der Waals surface area contributed by atoms with Crippen molar-refractivity contribution in [3.05, 3.63) is 69.3 Å². The molecule has 28 heavy (non-hydrogen) atoms. The molecule has 0 bridgehead atoms. The highest BCUT2D eigenvalue weighted by Gasteiger charge is 2.23. The average molecular weight is 379 g/mol. The molecule has 146 valence electrons. The Kier molecular flexibility index (Phi) is 5.00. The van der Waals surface area contributed by atoms with Crippen LogP contribution < -0.4 is 16.2 Å². The molecular formula is C21H25N5O2. The first-order valence-electron chi connectivity index (χ1n) is 9.70. The molecule has 2 aromatic heterocycles. The second kappa shape index (κ2) is 7.59. The largest absolute Gasteiger partial charge is 0.349 e. The van der Waals surface area contributed by atoms with Crippen molar-refractivity contribution >= 4 is 11.6 Å². The van der Waals surface area contributed by atoms with E-state index in [1.165, 1.54) is 16.3 Å². The number of nitrogens with zero attached hydrogens (tertiary/aromatic N) is 3. The maximum absolute atomic E-state index is 12.9. The van der Waals surface area contributed by atoms with Crippen molar-refractivity contribution in [2.24, 2.45) is 7.05 Å². The molecule has 4 rings (SSSR count). The topological polar surface area (TPSA) is 80.4 Å². The van der Waals surface area contributed by atoms with Crippen molar-refractivity contribution in [2.45, 2.75) is 38.8 Å². The summed E-state index contributed by atoms with van der Waals surface area (Å²) >= 11 is 0. The highest BCUT2D eigenvalue weighted by molar-refractivity contribution is 6.00. The highest BCUT2D eigenvalue weighted by atomic mass is 16.2. The lowest BCUT2D eigenvalue weighted by atomic mass is 10.1. The number of nitrogens with one attached hydrogen (secondary N) is 2. The Hall–Kier alpha value is -2.93. The van der Waals surface area contributed by atoms with Gasteiger partial charge in [-0.1, -0.05) is 30.3 Å². The molecule has 1 amide bonds. The third kappa shape index (κ3) is 3.33. The van der Waals surface area contributed by atoms with Gasteiger partial charge in [0.05, 0.1) is 11.8 Å². The van der Waals surface area contributed by atoms with Gasteiger partial charge in [-0.05, 0) is 25.3 Å². The number of amides is 1. The summed E-state index contributed by atoms with van der Waals surface area (Å²) in [4.78, 5) is 25.6. The van der Waals surface area contributed by atoms with Crippen molar-refractivity contribution in [1.29, 1.82) is 0 Å². The van der Waals surface area contributed by atoms with Crippen LogP contribution in [0.1, 0.15) is 40.5 Å². The second-order valence-electron chi connectivity index (χ2n) is 7.41. The molecule has 1 aliphatic rings. The van der Waals surface area contributed by atoms with Gasteiger partial charge in [0.1, 0.15) is 5.56 Å². The predicted octanol–water partition coefficient (Wildman–Crippen LogP) is 1.43. The van der Waals surface area contributed by atoms with Crippen molar-refractivity contribution in [3.8, 4) is 0 Å². The van der Waals surface area contributed by atoms with Gasteiger partial charge in [-0.3, -0.25) is 9.59 Å². The molecular weight excluding hydrogens is 354 g/mol. The summed E-state index contributed by atoms with van der Waals surface area (Å²) in [6, 6.07) is 10.2. The van der Waals surface area contributed by atoms with Crippen molar-refractivity contribution < 1.29 is 4.79 Å². The average Bonchev–Trinajstić information content (AvgIpc) is 3.17. The van der Waals surface area contributed by atoms with E-state index in [2.05, 4.69) is 27.9 Å².